The minimum atomic E-state index is -0.391. The fourth-order valence-corrected chi connectivity index (χ4v) is 3.17. The molecule has 2 heterocycles. The van der Waals surface area contributed by atoms with Crippen LogP contribution in [-0.4, -0.2) is 30.7 Å². The van der Waals surface area contributed by atoms with Gasteiger partial charge in [0.05, 0.1) is 12.8 Å². The van der Waals surface area contributed by atoms with Crippen molar-refractivity contribution in [3.8, 4) is 29.0 Å². The summed E-state index contributed by atoms with van der Waals surface area (Å²) in [6.45, 7) is 0.637. The average Bonchev–Trinajstić information content (AvgIpc) is 3.57. The minimum Gasteiger partial charge on any atom is -0.481 e. The number of anilines is 1. The Balaban J connectivity index is 1.57. The molecule has 1 atom stereocenters. The SMILES string of the molecule is COc1cc(NC(=O)[C@@H]2CCCCO2)cc(-c2cccc(C#CC3CC3)c2)n1. The van der Waals surface area contributed by atoms with E-state index in [4.69, 9.17) is 9.47 Å². The van der Waals surface area contributed by atoms with Gasteiger partial charge in [0.2, 0.25) is 5.88 Å². The Bertz CT molecular complexity index is 919. The summed E-state index contributed by atoms with van der Waals surface area (Å²) in [4.78, 5) is 17.0. The molecule has 1 aromatic heterocycles. The van der Waals surface area contributed by atoms with Crippen LogP contribution in [0.3, 0.4) is 0 Å². The molecule has 1 amide bonds. The van der Waals surface area contributed by atoms with Crippen molar-refractivity contribution in [2.75, 3.05) is 19.0 Å². The van der Waals surface area contributed by atoms with Crippen molar-refractivity contribution in [1.82, 2.24) is 4.98 Å². The van der Waals surface area contributed by atoms with Crippen molar-refractivity contribution in [1.29, 1.82) is 0 Å². The van der Waals surface area contributed by atoms with Crippen molar-refractivity contribution < 1.29 is 14.3 Å². The van der Waals surface area contributed by atoms with Crippen LogP contribution in [0.15, 0.2) is 36.4 Å². The fourth-order valence-electron chi connectivity index (χ4n) is 3.17. The highest BCUT2D eigenvalue weighted by Crippen LogP contribution is 2.28. The van der Waals surface area contributed by atoms with Crippen LogP contribution < -0.4 is 10.1 Å². The lowest BCUT2D eigenvalue weighted by Crippen LogP contribution is -2.33. The number of nitrogens with zero attached hydrogens (tertiary/aromatic N) is 1. The summed E-state index contributed by atoms with van der Waals surface area (Å²) in [7, 11) is 1.57. The quantitative estimate of drug-likeness (QED) is 0.819. The molecular formula is C23H24N2O3. The van der Waals surface area contributed by atoms with Gasteiger partial charge in [-0.15, -0.1) is 0 Å². The summed E-state index contributed by atoms with van der Waals surface area (Å²) in [6.07, 6.45) is 4.80. The molecule has 0 bridgehead atoms. The Kier molecular flexibility index (Phi) is 5.59. The summed E-state index contributed by atoms with van der Waals surface area (Å²) >= 11 is 0. The van der Waals surface area contributed by atoms with Crippen LogP contribution >= 0.6 is 0 Å². The molecule has 144 valence electrons. The highest BCUT2D eigenvalue weighted by Gasteiger charge is 2.22. The van der Waals surface area contributed by atoms with E-state index in [1.54, 1.807) is 13.2 Å². The Hall–Kier alpha value is -2.84. The number of carbonyl (C=O) groups excluding carboxylic acids is 1. The molecule has 4 rings (SSSR count). The lowest BCUT2D eigenvalue weighted by atomic mass is 10.1. The van der Waals surface area contributed by atoms with E-state index in [0.29, 0.717) is 24.1 Å². The first-order valence-corrected chi connectivity index (χ1v) is 9.82. The number of hydrogen-bond acceptors (Lipinski definition) is 4. The van der Waals surface area contributed by atoms with Crippen LogP contribution in [0.4, 0.5) is 5.69 Å². The Morgan fingerprint density at radius 2 is 2.11 bits per heavy atom. The number of carbonyl (C=O) groups is 1. The lowest BCUT2D eigenvalue weighted by Gasteiger charge is -2.21. The molecule has 1 saturated carbocycles. The van der Waals surface area contributed by atoms with Crippen molar-refractivity contribution in [3.63, 3.8) is 0 Å². The number of aromatic nitrogens is 1. The first-order chi connectivity index (χ1) is 13.7. The zero-order valence-electron chi connectivity index (χ0n) is 16.0. The maximum atomic E-state index is 12.5. The van der Waals surface area contributed by atoms with Gasteiger partial charge in [0.25, 0.3) is 5.91 Å². The second-order valence-electron chi connectivity index (χ2n) is 7.25. The van der Waals surface area contributed by atoms with Gasteiger partial charge in [-0.05, 0) is 50.3 Å². The third kappa shape index (κ3) is 4.71. The van der Waals surface area contributed by atoms with E-state index in [9.17, 15) is 4.79 Å². The Morgan fingerprint density at radius 3 is 2.86 bits per heavy atom. The molecule has 1 aliphatic heterocycles. The van der Waals surface area contributed by atoms with Gasteiger partial charge in [0.1, 0.15) is 6.10 Å². The van der Waals surface area contributed by atoms with Crippen molar-refractivity contribution in [2.45, 2.75) is 38.2 Å². The molecule has 5 nitrogen and oxygen atoms in total. The first-order valence-electron chi connectivity index (χ1n) is 9.82. The molecule has 5 heteroatoms. The third-order valence-electron chi connectivity index (χ3n) is 4.91. The molecule has 2 aliphatic rings. The van der Waals surface area contributed by atoms with Crippen LogP contribution in [-0.2, 0) is 9.53 Å². The molecule has 28 heavy (non-hydrogen) atoms. The number of rotatable bonds is 4. The molecule has 1 aromatic carbocycles. The molecule has 2 fully saturated rings. The van der Waals surface area contributed by atoms with Gasteiger partial charge in [-0.2, -0.15) is 0 Å². The van der Waals surface area contributed by atoms with E-state index in [2.05, 4.69) is 22.1 Å². The topological polar surface area (TPSA) is 60.5 Å². The van der Waals surface area contributed by atoms with Crippen LogP contribution in [0.2, 0.25) is 0 Å². The zero-order chi connectivity index (χ0) is 19.3. The van der Waals surface area contributed by atoms with E-state index in [1.807, 2.05) is 30.3 Å². The number of ether oxygens (including phenoxy) is 2. The summed E-state index contributed by atoms with van der Waals surface area (Å²) in [6, 6.07) is 11.6. The number of benzene rings is 1. The summed E-state index contributed by atoms with van der Waals surface area (Å²) in [5, 5.41) is 2.95. The van der Waals surface area contributed by atoms with E-state index in [0.717, 1.165) is 36.1 Å². The van der Waals surface area contributed by atoms with E-state index in [-0.39, 0.29) is 5.91 Å². The predicted molar refractivity (Wildman–Crippen MR) is 108 cm³/mol. The standard InChI is InChI=1S/C23H24N2O3/c1-27-22-15-19(24-23(26)21-7-2-3-12-28-21)14-20(25-22)18-6-4-5-17(13-18)11-10-16-8-9-16/h4-6,13-16,21H,2-3,7-9,12H2,1H3,(H,24,25,26)/t21-/m0/s1. The molecular weight excluding hydrogens is 352 g/mol. The zero-order valence-corrected chi connectivity index (χ0v) is 16.0. The minimum absolute atomic E-state index is 0.122. The average molecular weight is 376 g/mol. The number of nitrogens with one attached hydrogen (secondary N) is 1. The second-order valence-corrected chi connectivity index (χ2v) is 7.25. The number of hydrogen-bond donors (Lipinski definition) is 1. The van der Waals surface area contributed by atoms with Gasteiger partial charge >= 0.3 is 0 Å². The van der Waals surface area contributed by atoms with Gasteiger partial charge in [0, 0.05) is 35.4 Å². The Morgan fingerprint density at radius 1 is 1.21 bits per heavy atom. The van der Waals surface area contributed by atoms with Crippen molar-refractivity contribution >= 4 is 11.6 Å². The fraction of sp³-hybridized carbons (Fsp3) is 0.391. The molecule has 1 N–H and O–H groups in total. The highest BCUT2D eigenvalue weighted by molar-refractivity contribution is 5.94. The first kappa shape index (κ1) is 18.5. The van der Waals surface area contributed by atoms with Crippen LogP contribution in [0.25, 0.3) is 11.3 Å². The molecule has 0 spiro atoms. The van der Waals surface area contributed by atoms with E-state index >= 15 is 0 Å². The number of amides is 1. The highest BCUT2D eigenvalue weighted by atomic mass is 16.5. The van der Waals surface area contributed by atoms with E-state index < -0.39 is 6.10 Å². The van der Waals surface area contributed by atoms with Crippen LogP contribution in [0.5, 0.6) is 5.88 Å². The third-order valence-corrected chi connectivity index (χ3v) is 4.91. The largest absolute Gasteiger partial charge is 0.481 e. The number of pyridine rings is 1. The van der Waals surface area contributed by atoms with Gasteiger partial charge in [-0.25, -0.2) is 4.98 Å². The van der Waals surface area contributed by atoms with Gasteiger partial charge < -0.3 is 14.8 Å². The summed E-state index contributed by atoms with van der Waals surface area (Å²) in [5.41, 5.74) is 3.28. The predicted octanol–water partition coefficient (Wildman–Crippen LogP) is 4.03. The molecule has 0 radical (unpaired) electrons. The van der Waals surface area contributed by atoms with Gasteiger partial charge in [-0.3, -0.25) is 4.79 Å². The maximum absolute atomic E-state index is 12.5. The van der Waals surface area contributed by atoms with E-state index in [1.165, 1.54) is 12.8 Å². The van der Waals surface area contributed by atoms with Crippen LogP contribution in [0.1, 0.15) is 37.7 Å². The normalized spacial score (nSPS) is 18.7. The molecule has 1 aliphatic carbocycles. The Labute approximate surface area is 165 Å². The maximum Gasteiger partial charge on any atom is 0.253 e. The van der Waals surface area contributed by atoms with Crippen molar-refractivity contribution in [2.24, 2.45) is 5.92 Å². The molecule has 2 aromatic rings. The lowest BCUT2D eigenvalue weighted by molar-refractivity contribution is -0.129. The molecule has 0 unspecified atom stereocenters. The summed E-state index contributed by atoms with van der Waals surface area (Å²) in [5.74, 6) is 7.41. The smallest absolute Gasteiger partial charge is 0.253 e. The summed E-state index contributed by atoms with van der Waals surface area (Å²) < 4.78 is 10.9. The molecule has 1 saturated heterocycles. The van der Waals surface area contributed by atoms with Gasteiger partial charge in [-0.1, -0.05) is 24.0 Å². The van der Waals surface area contributed by atoms with Gasteiger partial charge in [0.15, 0.2) is 0 Å². The van der Waals surface area contributed by atoms with Crippen LogP contribution in [0, 0.1) is 17.8 Å². The second kappa shape index (κ2) is 8.45. The monoisotopic (exact) mass is 376 g/mol. The number of methoxy groups -OCH3 is 1. The van der Waals surface area contributed by atoms with Crippen molar-refractivity contribution in [3.05, 3.63) is 42.0 Å².